The number of pyridine rings is 1. The molecule has 1 fully saturated rings. The summed E-state index contributed by atoms with van der Waals surface area (Å²) in [4.78, 5) is 6.78. The first kappa shape index (κ1) is 13.0. The number of rotatable bonds is 3. The van der Waals surface area contributed by atoms with E-state index >= 15 is 0 Å². The standard InChI is InChI=1S/C13H19BrN2O/c1-2-10-8-16(6-5-13(10)17)9-12-4-3-11(14)7-15-12/h3-4,7,10,13,17H,2,5-6,8-9H2,1H3. The first-order valence-corrected chi connectivity index (χ1v) is 6.99. The monoisotopic (exact) mass is 298 g/mol. The maximum atomic E-state index is 9.84. The number of likely N-dealkylation sites (tertiary alicyclic amines) is 1. The van der Waals surface area contributed by atoms with E-state index in [9.17, 15) is 5.11 Å². The lowest BCUT2D eigenvalue weighted by atomic mass is 9.92. The zero-order valence-electron chi connectivity index (χ0n) is 10.1. The molecule has 0 amide bonds. The second-order valence-corrected chi connectivity index (χ2v) is 5.64. The molecule has 1 saturated heterocycles. The van der Waals surface area contributed by atoms with Crippen molar-refractivity contribution in [2.45, 2.75) is 32.4 Å². The predicted octanol–water partition coefficient (Wildman–Crippen LogP) is 2.44. The van der Waals surface area contributed by atoms with E-state index in [1.807, 2.05) is 12.3 Å². The van der Waals surface area contributed by atoms with Crippen LogP contribution in [0.15, 0.2) is 22.8 Å². The minimum absolute atomic E-state index is 0.117. The van der Waals surface area contributed by atoms with Gasteiger partial charge in [-0.25, -0.2) is 0 Å². The van der Waals surface area contributed by atoms with Gasteiger partial charge < -0.3 is 5.11 Å². The Bertz CT molecular complexity index is 355. The topological polar surface area (TPSA) is 36.4 Å². The fourth-order valence-corrected chi connectivity index (χ4v) is 2.60. The molecular formula is C13H19BrN2O. The number of hydrogen-bond acceptors (Lipinski definition) is 3. The average molecular weight is 299 g/mol. The molecule has 1 aliphatic heterocycles. The number of hydrogen-bond donors (Lipinski definition) is 1. The Morgan fingerprint density at radius 1 is 1.53 bits per heavy atom. The summed E-state index contributed by atoms with van der Waals surface area (Å²) in [6.45, 7) is 4.98. The summed E-state index contributed by atoms with van der Waals surface area (Å²) in [5.74, 6) is 0.416. The largest absolute Gasteiger partial charge is 0.393 e. The quantitative estimate of drug-likeness (QED) is 0.931. The van der Waals surface area contributed by atoms with Gasteiger partial charge in [-0.15, -0.1) is 0 Å². The van der Waals surface area contributed by atoms with Crippen LogP contribution in [0.3, 0.4) is 0 Å². The van der Waals surface area contributed by atoms with E-state index in [0.717, 1.165) is 42.6 Å². The van der Waals surface area contributed by atoms with Crippen LogP contribution in [0.1, 0.15) is 25.5 Å². The lowest BCUT2D eigenvalue weighted by molar-refractivity contribution is 0.0217. The Balaban J connectivity index is 1.93. The van der Waals surface area contributed by atoms with Gasteiger partial charge in [-0.3, -0.25) is 9.88 Å². The van der Waals surface area contributed by atoms with Gasteiger partial charge in [0.2, 0.25) is 0 Å². The molecule has 0 radical (unpaired) electrons. The molecule has 1 N–H and O–H groups in total. The SMILES string of the molecule is CCC1CN(Cc2ccc(Br)cn2)CCC1O. The van der Waals surface area contributed by atoms with Crippen molar-refractivity contribution in [3.05, 3.63) is 28.5 Å². The van der Waals surface area contributed by atoms with Crippen molar-refractivity contribution >= 4 is 15.9 Å². The molecule has 0 aromatic carbocycles. The van der Waals surface area contributed by atoms with Crippen molar-refractivity contribution in [2.24, 2.45) is 5.92 Å². The van der Waals surface area contributed by atoms with Crippen molar-refractivity contribution in [2.75, 3.05) is 13.1 Å². The molecule has 1 aromatic rings. The van der Waals surface area contributed by atoms with Gasteiger partial charge in [0.05, 0.1) is 11.8 Å². The normalized spacial score (nSPS) is 26.1. The maximum Gasteiger partial charge on any atom is 0.0592 e. The lowest BCUT2D eigenvalue weighted by Crippen LogP contribution is -2.42. The molecule has 0 bridgehead atoms. The summed E-state index contributed by atoms with van der Waals surface area (Å²) in [6, 6.07) is 4.08. The zero-order chi connectivity index (χ0) is 12.3. The van der Waals surface area contributed by atoms with E-state index in [0.29, 0.717) is 5.92 Å². The van der Waals surface area contributed by atoms with Crippen LogP contribution in [-0.4, -0.2) is 34.2 Å². The summed E-state index contributed by atoms with van der Waals surface area (Å²) < 4.78 is 1.02. The summed E-state index contributed by atoms with van der Waals surface area (Å²) in [7, 11) is 0. The van der Waals surface area contributed by atoms with E-state index < -0.39 is 0 Å². The van der Waals surface area contributed by atoms with E-state index in [-0.39, 0.29) is 6.10 Å². The molecule has 0 saturated carbocycles. The summed E-state index contributed by atoms with van der Waals surface area (Å²) in [5.41, 5.74) is 1.10. The number of aliphatic hydroxyl groups excluding tert-OH is 1. The van der Waals surface area contributed by atoms with Gasteiger partial charge in [-0.1, -0.05) is 6.92 Å². The zero-order valence-corrected chi connectivity index (χ0v) is 11.7. The molecule has 0 aliphatic carbocycles. The van der Waals surface area contributed by atoms with Crippen LogP contribution in [-0.2, 0) is 6.54 Å². The van der Waals surface area contributed by atoms with E-state index in [1.54, 1.807) is 0 Å². The van der Waals surface area contributed by atoms with E-state index in [2.05, 4.69) is 38.8 Å². The molecule has 1 aromatic heterocycles. The molecule has 17 heavy (non-hydrogen) atoms. The molecule has 4 heteroatoms. The summed E-state index contributed by atoms with van der Waals surface area (Å²) in [5, 5.41) is 9.84. The Labute approximate surface area is 111 Å². The second kappa shape index (κ2) is 5.94. The molecule has 1 aliphatic rings. The molecule has 2 unspecified atom stereocenters. The predicted molar refractivity (Wildman–Crippen MR) is 71.6 cm³/mol. The van der Waals surface area contributed by atoms with Gasteiger partial charge in [0.1, 0.15) is 0 Å². The van der Waals surface area contributed by atoms with Gasteiger partial charge >= 0.3 is 0 Å². The highest BCUT2D eigenvalue weighted by atomic mass is 79.9. The van der Waals surface area contributed by atoms with Gasteiger partial charge in [0, 0.05) is 30.3 Å². The minimum atomic E-state index is -0.117. The number of nitrogens with zero attached hydrogens (tertiary/aromatic N) is 2. The Morgan fingerprint density at radius 2 is 2.35 bits per heavy atom. The lowest BCUT2D eigenvalue weighted by Gasteiger charge is -2.35. The molecule has 94 valence electrons. The van der Waals surface area contributed by atoms with Gasteiger partial charge in [-0.05, 0) is 46.8 Å². The third-order valence-electron chi connectivity index (χ3n) is 3.48. The van der Waals surface area contributed by atoms with Crippen LogP contribution in [0.4, 0.5) is 0 Å². The number of piperidine rings is 1. The van der Waals surface area contributed by atoms with Crippen molar-refractivity contribution in [1.82, 2.24) is 9.88 Å². The first-order valence-electron chi connectivity index (χ1n) is 6.20. The molecule has 2 rings (SSSR count). The van der Waals surface area contributed by atoms with Crippen LogP contribution < -0.4 is 0 Å². The highest BCUT2D eigenvalue weighted by molar-refractivity contribution is 9.10. The molecule has 2 atom stereocenters. The number of aromatic nitrogens is 1. The van der Waals surface area contributed by atoms with Crippen LogP contribution in [0, 0.1) is 5.92 Å². The third-order valence-corrected chi connectivity index (χ3v) is 3.95. The molecule has 2 heterocycles. The van der Waals surface area contributed by atoms with Gasteiger partial charge in [0.25, 0.3) is 0 Å². The smallest absolute Gasteiger partial charge is 0.0592 e. The highest BCUT2D eigenvalue weighted by Crippen LogP contribution is 2.21. The molecule has 0 spiro atoms. The second-order valence-electron chi connectivity index (χ2n) is 4.73. The van der Waals surface area contributed by atoms with Crippen molar-refractivity contribution in [3.8, 4) is 0 Å². The van der Waals surface area contributed by atoms with E-state index in [1.165, 1.54) is 0 Å². The maximum absolute atomic E-state index is 9.84. The molecular weight excluding hydrogens is 280 g/mol. The molecule has 3 nitrogen and oxygen atoms in total. The van der Waals surface area contributed by atoms with Gasteiger partial charge in [-0.2, -0.15) is 0 Å². The van der Waals surface area contributed by atoms with Crippen LogP contribution >= 0.6 is 15.9 Å². The summed E-state index contributed by atoms with van der Waals surface area (Å²) in [6.07, 6.45) is 3.65. The van der Waals surface area contributed by atoms with Crippen molar-refractivity contribution in [3.63, 3.8) is 0 Å². The Kier molecular flexibility index (Phi) is 4.54. The van der Waals surface area contributed by atoms with Gasteiger partial charge in [0.15, 0.2) is 0 Å². The Hall–Kier alpha value is -0.450. The number of aliphatic hydroxyl groups is 1. The van der Waals surface area contributed by atoms with Crippen molar-refractivity contribution < 1.29 is 5.11 Å². The fraction of sp³-hybridized carbons (Fsp3) is 0.615. The third kappa shape index (κ3) is 3.50. The van der Waals surface area contributed by atoms with Crippen molar-refractivity contribution in [1.29, 1.82) is 0 Å². The van der Waals surface area contributed by atoms with E-state index in [4.69, 9.17) is 0 Å². The van der Waals surface area contributed by atoms with Crippen LogP contribution in [0.5, 0.6) is 0 Å². The Morgan fingerprint density at radius 3 is 3.00 bits per heavy atom. The average Bonchev–Trinajstić information content (AvgIpc) is 2.34. The highest BCUT2D eigenvalue weighted by Gasteiger charge is 2.26. The van der Waals surface area contributed by atoms with Crippen LogP contribution in [0.2, 0.25) is 0 Å². The summed E-state index contributed by atoms with van der Waals surface area (Å²) >= 11 is 3.39. The minimum Gasteiger partial charge on any atom is -0.393 e. The fourth-order valence-electron chi connectivity index (χ4n) is 2.37. The first-order chi connectivity index (χ1) is 8.19. The number of halogens is 1. The van der Waals surface area contributed by atoms with Crippen LogP contribution in [0.25, 0.3) is 0 Å².